The number of nitrogens with two attached hydrogens (primary N) is 1. The molecule has 4 nitrogen and oxygen atoms in total. The average molecular weight is 278 g/mol. The SMILES string of the molecule is CCCn1ncc(Cl)c1C(=O)c1ccc(N)c(C)c1. The number of anilines is 1. The number of carbonyl (C=O) groups excluding carboxylic acids is 1. The van der Waals surface area contributed by atoms with Gasteiger partial charge in [0, 0.05) is 17.8 Å². The number of hydrogen-bond donors (Lipinski definition) is 1. The van der Waals surface area contributed by atoms with Gasteiger partial charge in [-0.15, -0.1) is 0 Å². The Morgan fingerprint density at radius 1 is 1.47 bits per heavy atom. The summed E-state index contributed by atoms with van der Waals surface area (Å²) in [5.41, 5.74) is 8.32. The van der Waals surface area contributed by atoms with Crippen LogP contribution in [0.1, 0.15) is 35.0 Å². The quantitative estimate of drug-likeness (QED) is 0.690. The van der Waals surface area contributed by atoms with Crippen molar-refractivity contribution in [3.63, 3.8) is 0 Å². The maximum Gasteiger partial charge on any atom is 0.212 e. The minimum Gasteiger partial charge on any atom is -0.399 e. The van der Waals surface area contributed by atoms with Gasteiger partial charge in [0.05, 0.1) is 11.2 Å². The summed E-state index contributed by atoms with van der Waals surface area (Å²) in [5, 5.41) is 4.51. The Morgan fingerprint density at radius 3 is 2.84 bits per heavy atom. The number of nitrogens with zero attached hydrogens (tertiary/aromatic N) is 2. The Bertz CT molecular complexity index is 619. The van der Waals surface area contributed by atoms with Gasteiger partial charge in [0.15, 0.2) is 0 Å². The van der Waals surface area contributed by atoms with Crippen LogP contribution in [0.5, 0.6) is 0 Å². The molecule has 19 heavy (non-hydrogen) atoms. The van der Waals surface area contributed by atoms with Gasteiger partial charge in [-0.05, 0) is 37.1 Å². The highest BCUT2D eigenvalue weighted by molar-refractivity contribution is 6.34. The van der Waals surface area contributed by atoms with Crippen LogP contribution in [0.4, 0.5) is 5.69 Å². The highest BCUT2D eigenvalue weighted by Crippen LogP contribution is 2.21. The van der Waals surface area contributed by atoms with Crippen molar-refractivity contribution in [2.24, 2.45) is 0 Å². The Hall–Kier alpha value is -1.81. The van der Waals surface area contributed by atoms with E-state index in [0.717, 1.165) is 12.0 Å². The number of hydrogen-bond acceptors (Lipinski definition) is 3. The second-order valence-electron chi connectivity index (χ2n) is 4.46. The first-order chi connectivity index (χ1) is 9.04. The van der Waals surface area contributed by atoms with E-state index in [4.69, 9.17) is 17.3 Å². The standard InChI is InChI=1S/C14H16ClN3O/c1-3-6-18-13(11(15)8-17-18)14(19)10-4-5-12(16)9(2)7-10/h4-5,7-8H,3,6,16H2,1-2H3. The minimum absolute atomic E-state index is 0.126. The molecule has 0 atom stereocenters. The molecule has 2 N–H and O–H groups in total. The largest absolute Gasteiger partial charge is 0.399 e. The lowest BCUT2D eigenvalue weighted by Crippen LogP contribution is -2.12. The predicted octanol–water partition coefficient (Wildman–Crippen LogP) is 3.07. The molecular formula is C14H16ClN3O. The summed E-state index contributed by atoms with van der Waals surface area (Å²) >= 11 is 6.07. The van der Waals surface area contributed by atoms with Gasteiger partial charge in [0.2, 0.25) is 5.78 Å². The van der Waals surface area contributed by atoms with Crippen LogP contribution < -0.4 is 5.73 Å². The number of rotatable bonds is 4. The smallest absolute Gasteiger partial charge is 0.212 e. The van der Waals surface area contributed by atoms with E-state index in [1.807, 2.05) is 13.8 Å². The number of nitrogen functional groups attached to an aromatic ring is 1. The van der Waals surface area contributed by atoms with E-state index in [0.29, 0.717) is 28.5 Å². The molecule has 0 unspecified atom stereocenters. The first-order valence-corrected chi connectivity index (χ1v) is 6.54. The van der Waals surface area contributed by atoms with Crippen molar-refractivity contribution < 1.29 is 4.79 Å². The summed E-state index contributed by atoms with van der Waals surface area (Å²) in [6.45, 7) is 4.57. The van der Waals surface area contributed by atoms with Crippen LogP contribution in [-0.2, 0) is 6.54 Å². The van der Waals surface area contributed by atoms with E-state index in [2.05, 4.69) is 5.10 Å². The molecule has 0 spiro atoms. The van der Waals surface area contributed by atoms with E-state index in [9.17, 15) is 4.79 Å². The number of benzene rings is 1. The van der Waals surface area contributed by atoms with E-state index in [-0.39, 0.29) is 5.78 Å². The fourth-order valence-electron chi connectivity index (χ4n) is 1.92. The second-order valence-corrected chi connectivity index (χ2v) is 4.87. The zero-order chi connectivity index (χ0) is 14.0. The Kier molecular flexibility index (Phi) is 3.90. The monoisotopic (exact) mass is 277 g/mol. The molecule has 0 aliphatic rings. The van der Waals surface area contributed by atoms with E-state index >= 15 is 0 Å². The zero-order valence-electron chi connectivity index (χ0n) is 11.0. The van der Waals surface area contributed by atoms with Gasteiger partial charge in [-0.3, -0.25) is 9.48 Å². The van der Waals surface area contributed by atoms with Gasteiger partial charge in [0.25, 0.3) is 0 Å². The molecule has 2 rings (SSSR count). The van der Waals surface area contributed by atoms with Crippen molar-refractivity contribution in [2.75, 3.05) is 5.73 Å². The van der Waals surface area contributed by atoms with Crippen molar-refractivity contribution in [3.05, 3.63) is 46.2 Å². The highest BCUT2D eigenvalue weighted by Gasteiger charge is 2.19. The number of ketones is 1. The molecular weight excluding hydrogens is 262 g/mol. The minimum atomic E-state index is -0.126. The second kappa shape index (κ2) is 5.45. The number of halogens is 1. The van der Waals surface area contributed by atoms with E-state index in [1.54, 1.807) is 22.9 Å². The third kappa shape index (κ3) is 2.63. The Balaban J connectivity index is 2.43. The van der Waals surface area contributed by atoms with E-state index in [1.165, 1.54) is 6.20 Å². The lowest BCUT2D eigenvalue weighted by molar-refractivity contribution is 0.102. The van der Waals surface area contributed by atoms with Crippen molar-refractivity contribution in [3.8, 4) is 0 Å². The molecule has 0 fully saturated rings. The number of aryl methyl sites for hydroxylation is 2. The van der Waals surface area contributed by atoms with Crippen molar-refractivity contribution in [1.29, 1.82) is 0 Å². The number of aromatic nitrogens is 2. The van der Waals surface area contributed by atoms with Crippen LogP contribution in [0.2, 0.25) is 5.02 Å². The van der Waals surface area contributed by atoms with Crippen molar-refractivity contribution >= 4 is 23.1 Å². The van der Waals surface area contributed by atoms with Crippen LogP contribution in [0.25, 0.3) is 0 Å². The van der Waals surface area contributed by atoms with Crippen molar-refractivity contribution in [1.82, 2.24) is 9.78 Å². The fourth-order valence-corrected chi connectivity index (χ4v) is 2.15. The van der Waals surface area contributed by atoms with Gasteiger partial charge in [-0.25, -0.2) is 0 Å². The normalized spacial score (nSPS) is 10.7. The van der Waals surface area contributed by atoms with Gasteiger partial charge in [-0.2, -0.15) is 5.10 Å². The molecule has 1 aromatic carbocycles. The van der Waals surface area contributed by atoms with E-state index < -0.39 is 0 Å². The molecule has 0 aliphatic carbocycles. The zero-order valence-corrected chi connectivity index (χ0v) is 11.7. The molecule has 100 valence electrons. The molecule has 1 heterocycles. The number of carbonyl (C=O) groups is 1. The van der Waals surface area contributed by atoms with Crippen LogP contribution >= 0.6 is 11.6 Å². The van der Waals surface area contributed by atoms with Crippen LogP contribution in [-0.4, -0.2) is 15.6 Å². The first kappa shape index (κ1) is 13.6. The summed E-state index contributed by atoms with van der Waals surface area (Å²) in [4.78, 5) is 12.5. The summed E-state index contributed by atoms with van der Waals surface area (Å²) < 4.78 is 1.65. The lowest BCUT2D eigenvalue weighted by atomic mass is 10.0. The fraction of sp³-hybridized carbons (Fsp3) is 0.286. The maximum absolute atomic E-state index is 12.5. The molecule has 0 saturated heterocycles. The molecule has 0 aliphatic heterocycles. The molecule has 5 heteroatoms. The Morgan fingerprint density at radius 2 is 2.21 bits per heavy atom. The summed E-state index contributed by atoms with van der Waals surface area (Å²) in [6.07, 6.45) is 2.40. The topological polar surface area (TPSA) is 60.9 Å². The molecule has 0 saturated carbocycles. The third-order valence-electron chi connectivity index (χ3n) is 2.98. The summed E-state index contributed by atoms with van der Waals surface area (Å²) in [5.74, 6) is -0.126. The molecule has 0 amide bonds. The van der Waals surface area contributed by atoms with Gasteiger partial charge in [0.1, 0.15) is 5.69 Å². The summed E-state index contributed by atoms with van der Waals surface area (Å²) in [7, 11) is 0. The molecule has 0 radical (unpaired) electrons. The molecule has 1 aromatic heterocycles. The maximum atomic E-state index is 12.5. The van der Waals surface area contributed by atoms with Gasteiger partial charge in [-0.1, -0.05) is 18.5 Å². The van der Waals surface area contributed by atoms with Crippen LogP contribution in [0, 0.1) is 6.92 Å². The van der Waals surface area contributed by atoms with Crippen molar-refractivity contribution in [2.45, 2.75) is 26.8 Å². The predicted molar refractivity (Wildman–Crippen MR) is 76.6 cm³/mol. The van der Waals surface area contributed by atoms with Crippen LogP contribution in [0.15, 0.2) is 24.4 Å². The highest BCUT2D eigenvalue weighted by atomic mass is 35.5. The summed E-state index contributed by atoms with van der Waals surface area (Å²) in [6, 6.07) is 5.22. The first-order valence-electron chi connectivity index (χ1n) is 6.16. The molecule has 2 aromatic rings. The van der Waals surface area contributed by atoms with Crippen LogP contribution in [0.3, 0.4) is 0 Å². The lowest BCUT2D eigenvalue weighted by Gasteiger charge is -2.07. The Labute approximate surface area is 117 Å². The third-order valence-corrected chi connectivity index (χ3v) is 3.25. The van der Waals surface area contributed by atoms with Gasteiger partial charge < -0.3 is 5.73 Å². The molecule has 0 bridgehead atoms. The average Bonchev–Trinajstić information content (AvgIpc) is 2.74. The van der Waals surface area contributed by atoms with Gasteiger partial charge >= 0.3 is 0 Å².